The molecule has 2 rings (SSSR count). The number of hydrogen-bond donors (Lipinski definition) is 3. The molecule has 0 spiro atoms. The maximum Gasteiger partial charge on any atom is 0.246 e. The minimum atomic E-state index is -3.62. The van der Waals surface area contributed by atoms with Crippen molar-refractivity contribution in [2.24, 2.45) is 11.8 Å². The van der Waals surface area contributed by atoms with Crippen LogP contribution in [0.2, 0.25) is 0 Å². The predicted octanol–water partition coefficient (Wildman–Crippen LogP) is -0.241. The first kappa shape index (κ1) is 14.2. The molecular formula is C11H18N4O3S. The van der Waals surface area contributed by atoms with E-state index in [0.717, 1.165) is 0 Å². The quantitative estimate of drug-likeness (QED) is 0.509. The third-order valence-electron chi connectivity index (χ3n) is 3.32. The van der Waals surface area contributed by atoms with E-state index < -0.39 is 10.0 Å². The second-order valence-electron chi connectivity index (χ2n) is 4.77. The summed E-state index contributed by atoms with van der Waals surface area (Å²) in [6.07, 6.45) is 2.47. The van der Waals surface area contributed by atoms with Gasteiger partial charge in [-0.05, 0) is 30.9 Å². The summed E-state index contributed by atoms with van der Waals surface area (Å²) >= 11 is 0. The number of aliphatic hydroxyl groups excluding tert-OH is 1. The van der Waals surface area contributed by atoms with Gasteiger partial charge in [0, 0.05) is 19.8 Å². The Balaban J connectivity index is 2.16. The van der Waals surface area contributed by atoms with Crippen LogP contribution < -0.4 is 11.3 Å². The van der Waals surface area contributed by atoms with Crippen LogP contribution in [0, 0.1) is 5.92 Å². The van der Waals surface area contributed by atoms with Crippen molar-refractivity contribution < 1.29 is 13.5 Å². The van der Waals surface area contributed by atoms with Crippen molar-refractivity contribution in [3.05, 3.63) is 18.3 Å². The van der Waals surface area contributed by atoms with Crippen molar-refractivity contribution >= 4 is 15.8 Å². The molecule has 1 fully saturated rings. The maximum atomic E-state index is 12.4. The Morgan fingerprint density at radius 3 is 2.84 bits per heavy atom. The highest BCUT2D eigenvalue weighted by Crippen LogP contribution is 2.30. The standard InChI is InChI=1S/C11H18N4O3S/c1-15(7-8-5-9(16)6-8)19(17,18)10-3-2-4-13-11(10)14-12/h2-4,8-9,16H,5-7,12H2,1H3,(H,13,14). The van der Waals surface area contributed by atoms with E-state index in [0.29, 0.717) is 19.4 Å². The maximum absolute atomic E-state index is 12.4. The van der Waals surface area contributed by atoms with E-state index >= 15 is 0 Å². The lowest BCUT2D eigenvalue weighted by molar-refractivity contribution is 0.0367. The highest BCUT2D eigenvalue weighted by atomic mass is 32.2. The van der Waals surface area contributed by atoms with Crippen LogP contribution in [0.3, 0.4) is 0 Å². The van der Waals surface area contributed by atoms with Crippen LogP contribution in [0.15, 0.2) is 23.2 Å². The van der Waals surface area contributed by atoms with Gasteiger partial charge in [-0.25, -0.2) is 23.5 Å². The number of nitrogens with zero attached hydrogens (tertiary/aromatic N) is 2. The molecule has 0 atom stereocenters. The monoisotopic (exact) mass is 286 g/mol. The fraction of sp³-hybridized carbons (Fsp3) is 0.545. The van der Waals surface area contributed by atoms with E-state index in [-0.39, 0.29) is 22.7 Å². The lowest BCUT2D eigenvalue weighted by Crippen LogP contribution is -2.39. The van der Waals surface area contributed by atoms with E-state index in [1.54, 1.807) is 6.07 Å². The molecular weight excluding hydrogens is 268 g/mol. The Morgan fingerprint density at radius 1 is 1.58 bits per heavy atom. The number of sulfonamides is 1. The summed E-state index contributed by atoms with van der Waals surface area (Å²) in [6.45, 7) is 0.387. The number of aliphatic hydroxyl groups is 1. The fourth-order valence-electron chi connectivity index (χ4n) is 2.19. The first-order chi connectivity index (χ1) is 8.95. The van der Waals surface area contributed by atoms with Crippen LogP contribution in [-0.2, 0) is 10.0 Å². The van der Waals surface area contributed by atoms with Crippen molar-refractivity contribution in [2.75, 3.05) is 19.0 Å². The molecule has 0 radical (unpaired) electrons. The van der Waals surface area contributed by atoms with Crippen molar-refractivity contribution in [1.29, 1.82) is 0 Å². The molecule has 1 heterocycles. The van der Waals surface area contributed by atoms with Crippen LogP contribution in [0.25, 0.3) is 0 Å². The minimum absolute atomic E-state index is 0.0554. The number of nitrogens with one attached hydrogen (secondary N) is 1. The fourth-order valence-corrected chi connectivity index (χ4v) is 3.54. The number of nitrogen functional groups attached to an aromatic ring is 1. The van der Waals surface area contributed by atoms with E-state index in [4.69, 9.17) is 5.84 Å². The van der Waals surface area contributed by atoms with Crippen molar-refractivity contribution in [2.45, 2.75) is 23.8 Å². The Labute approximate surface area is 112 Å². The third-order valence-corrected chi connectivity index (χ3v) is 5.18. The third kappa shape index (κ3) is 2.86. The minimum Gasteiger partial charge on any atom is -0.393 e. The van der Waals surface area contributed by atoms with Gasteiger partial charge < -0.3 is 10.5 Å². The molecule has 0 aliphatic heterocycles. The average Bonchev–Trinajstić information content (AvgIpc) is 2.36. The molecule has 0 bridgehead atoms. The van der Waals surface area contributed by atoms with Crippen molar-refractivity contribution in [1.82, 2.24) is 9.29 Å². The van der Waals surface area contributed by atoms with Gasteiger partial charge in [0.05, 0.1) is 6.10 Å². The van der Waals surface area contributed by atoms with Crippen LogP contribution >= 0.6 is 0 Å². The molecule has 8 heteroatoms. The number of hydrazine groups is 1. The first-order valence-electron chi connectivity index (χ1n) is 6.01. The van der Waals surface area contributed by atoms with Gasteiger partial charge in [-0.15, -0.1) is 0 Å². The van der Waals surface area contributed by atoms with Crippen LogP contribution in [0.4, 0.5) is 5.82 Å². The van der Waals surface area contributed by atoms with Gasteiger partial charge >= 0.3 is 0 Å². The molecule has 0 unspecified atom stereocenters. The van der Waals surface area contributed by atoms with Gasteiger partial charge in [0.15, 0.2) is 5.82 Å². The summed E-state index contributed by atoms with van der Waals surface area (Å²) in [4.78, 5) is 3.94. The molecule has 0 aromatic carbocycles. The van der Waals surface area contributed by atoms with Crippen LogP contribution in [0.1, 0.15) is 12.8 Å². The van der Waals surface area contributed by atoms with Gasteiger partial charge in [-0.1, -0.05) is 0 Å². The predicted molar refractivity (Wildman–Crippen MR) is 70.6 cm³/mol. The lowest BCUT2D eigenvalue weighted by atomic mass is 9.82. The topological polar surface area (TPSA) is 109 Å². The number of pyridine rings is 1. The zero-order chi connectivity index (χ0) is 14.0. The zero-order valence-electron chi connectivity index (χ0n) is 10.7. The van der Waals surface area contributed by atoms with Gasteiger partial charge in [-0.2, -0.15) is 0 Å². The molecule has 0 saturated heterocycles. The molecule has 1 saturated carbocycles. The second kappa shape index (κ2) is 5.41. The van der Waals surface area contributed by atoms with Gasteiger partial charge in [-0.3, -0.25) is 0 Å². The molecule has 1 aliphatic carbocycles. The summed E-state index contributed by atoms with van der Waals surface area (Å²) in [5, 5.41) is 9.23. The van der Waals surface area contributed by atoms with E-state index in [1.807, 2.05) is 0 Å². The second-order valence-corrected chi connectivity index (χ2v) is 6.78. The lowest BCUT2D eigenvalue weighted by Gasteiger charge is -2.34. The van der Waals surface area contributed by atoms with Crippen LogP contribution in [-0.4, -0.2) is 42.5 Å². The number of aromatic nitrogens is 1. The molecule has 1 aliphatic rings. The van der Waals surface area contributed by atoms with E-state index in [9.17, 15) is 13.5 Å². The Hall–Kier alpha value is -1.22. The van der Waals surface area contributed by atoms with Gasteiger partial charge in [0.1, 0.15) is 4.90 Å². The smallest absolute Gasteiger partial charge is 0.246 e. The van der Waals surface area contributed by atoms with Gasteiger partial charge in [0.25, 0.3) is 0 Å². The molecule has 7 nitrogen and oxygen atoms in total. The molecule has 4 N–H and O–H groups in total. The molecule has 1 aromatic rings. The number of nitrogens with two attached hydrogens (primary N) is 1. The number of rotatable bonds is 5. The summed E-state index contributed by atoms with van der Waals surface area (Å²) in [6, 6.07) is 3.01. The normalized spacial score (nSPS) is 23.2. The summed E-state index contributed by atoms with van der Waals surface area (Å²) < 4.78 is 26.1. The van der Waals surface area contributed by atoms with Crippen molar-refractivity contribution in [3.8, 4) is 0 Å². The van der Waals surface area contributed by atoms with Crippen molar-refractivity contribution in [3.63, 3.8) is 0 Å². The Kier molecular flexibility index (Phi) is 4.04. The summed E-state index contributed by atoms with van der Waals surface area (Å²) in [5.41, 5.74) is 2.29. The Morgan fingerprint density at radius 2 is 2.26 bits per heavy atom. The van der Waals surface area contributed by atoms with E-state index in [1.165, 1.54) is 23.6 Å². The van der Waals surface area contributed by atoms with E-state index in [2.05, 4.69) is 10.4 Å². The molecule has 0 amide bonds. The number of hydrogen-bond acceptors (Lipinski definition) is 6. The zero-order valence-corrected chi connectivity index (χ0v) is 11.5. The van der Waals surface area contributed by atoms with Gasteiger partial charge in [0.2, 0.25) is 10.0 Å². The largest absolute Gasteiger partial charge is 0.393 e. The SMILES string of the molecule is CN(CC1CC(O)C1)S(=O)(=O)c1cccnc1NN. The summed E-state index contributed by atoms with van der Waals surface area (Å²) in [5.74, 6) is 5.61. The number of anilines is 1. The highest BCUT2D eigenvalue weighted by molar-refractivity contribution is 7.89. The first-order valence-corrected chi connectivity index (χ1v) is 7.45. The Bertz CT molecular complexity index is 543. The molecule has 1 aromatic heterocycles. The average molecular weight is 286 g/mol. The molecule has 19 heavy (non-hydrogen) atoms. The van der Waals surface area contributed by atoms with Crippen LogP contribution in [0.5, 0.6) is 0 Å². The highest BCUT2D eigenvalue weighted by Gasteiger charge is 2.32. The summed E-state index contributed by atoms with van der Waals surface area (Å²) in [7, 11) is -2.10. The molecule has 106 valence electrons.